The van der Waals surface area contributed by atoms with Crippen LogP contribution < -0.4 is 16.0 Å². The van der Waals surface area contributed by atoms with Crippen LogP contribution in [0.5, 0.6) is 0 Å². The third-order valence-corrected chi connectivity index (χ3v) is 4.71. The summed E-state index contributed by atoms with van der Waals surface area (Å²) in [6.45, 7) is 8.99. The summed E-state index contributed by atoms with van der Waals surface area (Å²) in [6, 6.07) is 8.17. The molecular weight excluding hydrogens is 453 g/mol. The number of halogens is 1. The van der Waals surface area contributed by atoms with E-state index in [1.54, 1.807) is 7.05 Å². The van der Waals surface area contributed by atoms with Crippen LogP contribution in [0.25, 0.3) is 0 Å². The topological polar surface area (TPSA) is 68.8 Å². The molecule has 0 atom stereocenters. The molecule has 1 amide bonds. The Morgan fingerprint density at radius 2 is 1.81 bits per heavy atom. The largest absolute Gasteiger partial charge is 0.354 e. The molecule has 1 fully saturated rings. The molecule has 0 bridgehead atoms. The van der Waals surface area contributed by atoms with Crippen molar-refractivity contribution in [2.75, 3.05) is 33.2 Å². The minimum absolute atomic E-state index is 0. The van der Waals surface area contributed by atoms with Crippen molar-refractivity contribution in [2.24, 2.45) is 4.99 Å². The summed E-state index contributed by atoms with van der Waals surface area (Å²) < 4.78 is 0. The lowest BCUT2D eigenvalue weighted by molar-refractivity contribution is 0.0956. The van der Waals surface area contributed by atoms with E-state index in [2.05, 4.69) is 32.8 Å². The van der Waals surface area contributed by atoms with E-state index in [1.807, 2.05) is 31.2 Å². The lowest BCUT2D eigenvalue weighted by Gasteiger charge is -2.32. The highest BCUT2D eigenvalue weighted by molar-refractivity contribution is 14.0. The van der Waals surface area contributed by atoms with Gasteiger partial charge in [-0.15, -0.1) is 24.0 Å². The van der Waals surface area contributed by atoms with Gasteiger partial charge in [0.1, 0.15) is 0 Å². The van der Waals surface area contributed by atoms with Gasteiger partial charge in [0.15, 0.2) is 5.96 Å². The fourth-order valence-corrected chi connectivity index (χ4v) is 3.23. The first-order chi connectivity index (χ1) is 12.7. The molecular formula is C20H34IN5O. The van der Waals surface area contributed by atoms with Gasteiger partial charge in [-0.2, -0.15) is 0 Å². The molecule has 1 aromatic carbocycles. The molecule has 1 aromatic rings. The van der Waals surface area contributed by atoms with Crippen molar-refractivity contribution in [3.63, 3.8) is 0 Å². The summed E-state index contributed by atoms with van der Waals surface area (Å²) in [5.74, 6) is 0.811. The van der Waals surface area contributed by atoms with Crippen LogP contribution in [0.3, 0.4) is 0 Å². The summed E-state index contributed by atoms with van der Waals surface area (Å²) in [7, 11) is 1.81. The van der Waals surface area contributed by atoms with Crippen LogP contribution in [-0.2, 0) is 6.54 Å². The van der Waals surface area contributed by atoms with Gasteiger partial charge in [-0.3, -0.25) is 9.79 Å². The maximum Gasteiger partial charge on any atom is 0.251 e. The van der Waals surface area contributed by atoms with E-state index in [4.69, 9.17) is 0 Å². The number of rotatable bonds is 7. The first kappa shape index (κ1) is 23.7. The number of carbonyl (C=O) groups excluding carboxylic acids is 1. The molecule has 0 saturated carbocycles. The van der Waals surface area contributed by atoms with E-state index in [1.165, 1.54) is 13.0 Å². The predicted molar refractivity (Wildman–Crippen MR) is 123 cm³/mol. The quantitative estimate of drug-likeness (QED) is 0.314. The number of nitrogens with one attached hydrogen (secondary N) is 3. The maximum absolute atomic E-state index is 11.8. The van der Waals surface area contributed by atoms with Gasteiger partial charge in [-0.25, -0.2) is 0 Å². The fourth-order valence-electron chi connectivity index (χ4n) is 3.23. The Kier molecular flexibility index (Phi) is 11.3. The van der Waals surface area contributed by atoms with Crippen LogP contribution >= 0.6 is 24.0 Å². The van der Waals surface area contributed by atoms with Gasteiger partial charge in [-0.1, -0.05) is 19.1 Å². The zero-order chi connectivity index (χ0) is 18.8. The highest BCUT2D eigenvalue weighted by Crippen LogP contribution is 2.10. The maximum atomic E-state index is 11.8. The van der Waals surface area contributed by atoms with Crippen molar-refractivity contribution in [2.45, 2.75) is 45.7 Å². The predicted octanol–water partition coefficient (Wildman–Crippen LogP) is 2.59. The number of amides is 1. The number of carbonyl (C=O) groups is 1. The Morgan fingerprint density at radius 3 is 2.37 bits per heavy atom. The molecule has 1 heterocycles. The van der Waals surface area contributed by atoms with E-state index in [-0.39, 0.29) is 29.9 Å². The number of benzene rings is 1. The van der Waals surface area contributed by atoms with E-state index >= 15 is 0 Å². The Hall–Kier alpha value is -1.35. The Morgan fingerprint density at radius 1 is 1.15 bits per heavy atom. The van der Waals surface area contributed by atoms with E-state index in [9.17, 15) is 4.79 Å². The van der Waals surface area contributed by atoms with Crippen molar-refractivity contribution >= 4 is 35.8 Å². The second-order valence-electron chi connectivity index (χ2n) is 6.74. The van der Waals surface area contributed by atoms with Gasteiger partial charge in [0.05, 0.1) is 0 Å². The standard InChI is InChI=1S/C20H33N5O.HI/c1-4-12-25-13-10-18(11-14-25)24-20(21-3)23-15-16-6-8-17(9-7-16)19(26)22-5-2;/h6-9,18H,4-5,10-15H2,1-3H3,(H,22,26)(H2,21,23,24);1H. The molecule has 0 aromatic heterocycles. The minimum Gasteiger partial charge on any atom is -0.354 e. The third kappa shape index (κ3) is 8.04. The zero-order valence-corrected chi connectivity index (χ0v) is 19.1. The summed E-state index contributed by atoms with van der Waals surface area (Å²) in [6.07, 6.45) is 3.53. The molecule has 1 saturated heterocycles. The van der Waals surface area contributed by atoms with Crippen molar-refractivity contribution in [3.05, 3.63) is 35.4 Å². The average Bonchev–Trinajstić information content (AvgIpc) is 2.67. The summed E-state index contributed by atoms with van der Waals surface area (Å²) in [4.78, 5) is 18.7. The van der Waals surface area contributed by atoms with E-state index in [0.717, 1.165) is 37.5 Å². The lowest BCUT2D eigenvalue weighted by Crippen LogP contribution is -2.48. The monoisotopic (exact) mass is 487 g/mol. The van der Waals surface area contributed by atoms with Crippen LogP contribution in [0.15, 0.2) is 29.3 Å². The SMILES string of the molecule is CCCN1CCC(NC(=NC)NCc2ccc(C(=O)NCC)cc2)CC1.I. The number of nitrogens with zero attached hydrogens (tertiary/aromatic N) is 2. The van der Waals surface area contributed by atoms with Gasteiger partial charge in [0.2, 0.25) is 0 Å². The molecule has 6 nitrogen and oxygen atoms in total. The van der Waals surface area contributed by atoms with E-state index in [0.29, 0.717) is 24.7 Å². The van der Waals surface area contributed by atoms with Gasteiger partial charge in [-0.05, 0) is 50.4 Å². The molecule has 0 spiro atoms. The molecule has 3 N–H and O–H groups in total. The van der Waals surface area contributed by atoms with Crippen molar-refractivity contribution in [1.82, 2.24) is 20.9 Å². The number of hydrogen-bond acceptors (Lipinski definition) is 3. The molecule has 0 unspecified atom stereocenters. The normalized spacial score (nSPS) is 15.7. The van der Waals surface area contributed by atoms with Gasteiger partial charge >= 0.3 is 0 Å². The van der Waals surface area contributed by atoms with E-state index < -0.39 is 0 Å². The first-order valence-corrected chi connectivity index (χ1v) is 9.73. The second kappa shape index (κ2) is 12.9. The summed E-state index contributed by atoms with van der Waals surface area (Å²) in [5, 5.41) is 9.71. The zero-order valence-electron chi connectivity index (χ0n) is 16.8. The molecule has 1 aliphatic rings. The number of guanidine groups is 1. The third-order valence-electron chi connectivity index (χ3n) is 4.71. The number of piperidine rings is 1. The summed E-state index contributed by atoms with van der Waals surface area (Å²) >= 11 is 0. The van der Waals surface area contributed by atoms with Crippen LogP contribution in [0, 0.1) is 0 Å². The molecule has 7 heteroatoms. The highest BCUT2D eigenvalue weighted by atomic mass is 127. The first-order valence-electron chi connectivity index (χ1n) is 9.73. The van der Waals surface area contributed by atoms with Crippen LogP contribution in [0.1, 0.15) is 49.0 Å². The van der Waals surface area contributed by atoms with Crippen molar-refractivity contribution < 1.29 is 4.79 Å². The molecule has 0 radical (unpaired) electrons. The number of hydrogen-bond donors (Lipinski definition) is 3. The molecule has 152 valence electrons. The Balaban J connectivity index is 0.00000364. The van der Waals surface area contributed by atoms with Crippen LogP contribution in [0.4, 0.5) is 0 Å². The Labute approximate surface area is 180 Å². The number of likely N-dealkylation sites (tertiary alicyclic amines) is 1. The fraction of sp³-hybridized carbons (Fsp3) is 0.600. The van der Waals surface area contributed by atoms with Crippen molar-refractivity contribution in [3.8, 4) is 0 Å². The molecule has 2 rings (SSSR count). The minimum atomic E-state index is -0.0288. The highest BCUT2D eigenvalue weighted by Gasteiger charge is 2.19. The number of aliphatic imine (C=N–C) groups is 1. The van der Waals surface area contributed by atoms with Crippen molar-refractivity contribution in [1.29, 1.82) is 0 Å². The molecule has 0 aliphatic carbocycles. The second-order valence-corrected chi connectivity index (χ2v) is 6.74. The van der Waals surface area contributed by atoms with Crippen LogP contribution in [0.2, 0.25) is 0 Å². The van der Waals surface area contributed by atoms with Crippen LogP contribution in [-0.4, -0.2) is 56.0 Å². The lowest BCUT2D eigenvalue weighted by atomic mass is 10.1. The molecule has 1 aliphatic heterocycles. The molecule has 27 heavy (non-hydrogen) atoms. The van der Waals surface area contributed by atoms with Gasteiger partial charge in [0.25, 0.3) is 5.91 Å². The average molecular weight is 487 g/mol. The smallest absolute Gasteiger partial charge is 0.251 e. The Bertz CT molecular complexity index is 583. The summed E-state index contributed by atoms with van der Waals surface area (Å²) in [5.41, 5.74) is 1.82. The van der Waals surface area contributed by atoms with Gasteiger partial charge < -0.3 is 20.9 Å². The van der Waals surface area contributed by atoms with Gasteiger partial charge in [0, 0.05) is 44.8 Å².